The quantitative estimate of drug-likeness (QED) is 0.880. The van der Waals surface area contributed by atoms with Gasteiger partial charge in [-0.1, -0.05) is 25.1 Å². The van der Waals surface area contributed by atoms with Crippen molar-refractivity contribution >= 4 is 15.9 Å². The van der Waals surface area contributed by atoms with E-state index in [1.165, 1.54) is 16.7 Å². The number of hydrogen-bond acceptors (Lipinski definition) is 2. The van der Waals surface area contributed by atoms with Gasteiger partial charge in [0.15, 0.2) is 0 Å². The summed E-state index contributed by atoms with van der Waals surface area (Å²) in [6, 6.07) is 10.9. The van der Waals surface area contributed by atoms with Gasteiger partial charge >= 0.3 is 0 Å². The molecule has 0 bridgehead atoms. The minimum absolute atomic E-state index is 0.257. The topological polar surface area (TPSA) is 24.9 Å². The number of pyridine rings is 1. The van der Waals surface area contributed by atoms with E-state index in [1.54, 1.807) is 0 Å². The summed E-state index contributed by atoms with van der Waals surface area (Å²) in [5.74, 6) is 0. The predicted octanol–water partition coefficient (Wildman–Crippen LogP) is 4.35. The Labute approximate surface area is 129 Å². The maximum Gasteiger partial charge on any atom is 0.0577 e. The van der Waals surface area contributed by atoms with Crippen molar-refractivity contribution in [3.63, 3.8) is 0 Å². The molecular weight excluding hydrogens is 312 g/mol. The molecule has 0 spiro atoms. The molecule has 20 heavy (non-hydrogen) atoms. The van der Waals surface area contributed by atoms with Crippen LogP contribution in [0.3, 0.4) is 0 Å². The zero-order valence-corrected chi connectivity index (χ0v) is 13.9. The van der Waals surface area contributed by atoms with E-state index in [9.17, 15) is 0 Å². The molecule has 1 N–H and O–H groups in total. The highest BCUT2D eigenvalue weighted by atomic mass is 79.9. The molecule has 0 aliphatic rings. The first-order valence-electron chi connectivity index (χ1n) is 7.01. The number of aryl methyl sites for hydroxylation is 2. The van der Waals surface area contributed by atoms with Crippen molar-refractivity contribution in [3.05, 3.63) is 63.4 Å². The maximum absolute atomic E-state index is 4.54. The van der Waals surface area contributed by atoms with Crippen LogP contribution in [0.5, 0.6) is 0 Å². The Morgan fingerprint density at radius 1 is 1.15 bits per heavy atom. The number of nitrogens with zero attached hydrogens (tertiary/aromatic N) is 1. The molecule has 106 valence electrons. The van der Waals surface area contributed by atoms with Crippen molar-refractivity contribution in [3.8, 4) is 0 Å². The second kappa shape index (κ2) is 7.00. The molecule has 1 atom stereocenters. The van der Waals surface area contributed by atoms with E-state index in [-0.39, 0.29) is 6.04 Å². The molecule has 0 saturated carbocycles. The molecule has 1 heterocycles. The van der Waals surface area contributed by atoms with Crippen molar-refractivity contribution in [2.24, 2.45) is 0 Å². The molecule has 0 amide bonds. The highest BCUT2D eigenvalue weighted by Crippen LogP contribution is 2.22. The summed E-state index contributed by atoms with van der Waals surface area (Å²) in [5.41, 5.74) is 5.22. The van der Waals surface area contributed by atoms with Crippen LogP contribution < -0.4 is 5.32 Å². The van der Waals surface area contributed by atoms with Gasteiger partial charge in [0, 0.05) is 10.7 Å². The van der Waals surface area contributed by atoms with Crippen LogP contribution >= 0.6 is 15.9 Å². The largest absolute Gasteiger partial charge is 0.309 e. The van der Waals surface area contributed by atoms with Crippen molar-refractivity contribution < 1.29 is 0 Å². The second-order valence-corrected chi connectivity index (χ2v) is 6.00. The van der Waals surface area contributed by atoms with Crippen molar-refractivity contribution in [1.29, 1.82) is 0 Å². The van der Waals surface area contributed by atoms with E-state index in [0.717, 1.165) is 23.1 Å². The first-order chi connectivity index (χ1) is 9.61. The van der Waals surface area contributed by atoms with Crippen LogP contribution in [0.25, 0.3) is 0 Å². The first kappa shape index (κ1) is 15.2. The van der Waals surface area contributed by atoms with E-state index in [0.29, 0.717) is 0 Å². The summed E-state index contributed by atoms with van der Waals surface area (Å²) in [4.78, 5) is 4.54. The molecule has 0 aliphatic heterocycles. The van der Waals surface area contributed by atoms with Gasteiger partial charge in [-0.3, -0.25) is 4.98 Å². The fourth-order valence-electron chi connectivity index (χ4n) is 2.50. The predicted molar refractivity (Wildman–Crippen MR) is 88.0 cm³/mol. The number of benzene rings is 1. The lowest BCUT2D eigenvalue weighted by atomic mass is 9.95. The first-order valence-corrected chi connectivity index (χ1v) is 7.81. The molecule has 1 unspecified atom stereocenters. The molecule has 0 fully saturated rings. The normalized spacial score (nSPS) is 12.4. The Bertz CT molecular complexity index is 543. The van der Waals surface area contributed by atoms with Crippen LogP contribution in [0.4, 0.5) is 0 Å². The van der Waals surface area contributed by atoms with Crippen molar-refractivity contribution in [2.45, 2.75) is 33.2 Å². The van der Waals surface area contributed by atoms with E-state index in [2.05, 4.69) is 77.3 Å². The van der Waals surface area contributed by atoms with Gasteiger partial charge in [0.05, 0.1) is 11.7 Å². The molecule has 1 aromatic heterocycles. The van der Waals surface area contributed by atoms with Gasteiger partial charge in [-0.2, -0.15) is 0 Å². The smallest absolute Gasteiger partial charge is 0.0577 e. The van der Waals surface area contributed by atoms with Gasteiger partial charge in [-0.15, -0.1) is 0 Å². The van der Waals surface area contributed by atoms with E-state index in [1.807, 2.05) is 6.20 Å². The third-order valence-electron chi connectivity index (χ3n) is 3.61. The van der Waals surface area contributed by atoms with Gasteiger partial charge in [0.1, 0.15) is 0 Å². The molecular formula is C17H21BrN2. The summed E-state index contributed by atoms with van der Waals surface area (Å²) in [6.07, 6.45) is 2.84. The Kier molecular flexibility index (Phi) is 5.32. The molecule has 0 radical (unpaired) electrons. The number of aromatic nitrogens is 1. The Morgan fingerprint density at radius 2 is 1.85 bits per heavy atom. The zero-order chi connectivity index (χ0) is 14.5. The summed E-state index contributed by atoms with van der Waals surface area (Å²) < 4.78 is 1.02. The standard InChI is InChI=1S/C17H21BrN2/c1-4-19-17(16-9-8-14(18)11-20-16)10-15-12(2)6-5-7-13(15)3/h5-9,11,17,19H,4,10H2,1-3H3. The number of likely N-dealkylation sites (N-methyl/N-ethyl adjacent to an activating group) is 1. The summed E-state index contributed by atoms with van der Waals surface area (Å²) in [6.45, 7) is 7.44. The lowest BCUT2D eigenvalue weighted by Crippen LogP contribution is -2.24. The molecule has 2 aromatic rings. The SMILES string of the molecule is CCNC(Cc1c(C)cccc1C)c1ccc(Br)cn1. The highest BCUT2D eigenvalue weighted by molar-refractivity contribution is 9.10. The molecule has 3 heteroatoms. The van der Waals surface area contributed by atoms with Gasteiger partial charge in [-0.25, -0.2) is 0 Å². The van der Waals surface area contributed by atoms with Gasteiger partial charge in [0.25, 0.3) is 0 Å². The Balaban J connectivity index is 2.28. The van der Waals surface area contributed by atoms with Crippen LogP contribution in [0.2, 0.25) is 0 Å². The lowest BCUT2D eigenvalue weighted by molar-refractivity contribution is 0.534. The van der Waals surface area contributed by atoms with Crippen LogP contribution in [0.1, 0.15) is 35.3 Å². The Morgan fingerprint density at radius 3 is 2.40 bits per heavy atom. The van der Waals surface area contributed by atoms with E-state index < -0.39 is 0 Å². The summed E-state index contributed by atoms with van der Waals surface area (Å²) in [7, 11) is 0. The summed E-state index contributed by atoms with van der Waals surface area (Å²) in [5, 5.41) is 3.54. The van der Waals surface area contributed by atoms with Crippen molar-refractivity contribution in [2.75, 3.05) is 6.54 Å². The average molecular weight is 333 g/mol. The van der Waals surface area contributed by atoms with Crippen LogP contribution in [-0.2, 0) is 6.42 Å². The fourth-order valence-corrected chi connectivity index (χ4v) is 2.73. The van der Waals surface area contributed by atoms with Crippen molar-refractivity contribution in [1.82, 2.24) is 10.3 Å². The molecule has 2 nitrogen and oxygen atoms in total. The third kappa shape index (κ3) is 3.68. The lowest BCUT2D eigenvalue weighted by Gasteiger charge is -2.20. The number of rotatable bonds is 5. The molecule has 0 aliphatic carbocycles. The number of hydrogen-bond donors (Lipinski definition) is 1. The van der Waals surface area contributed by atoms with Gasteiger partial charge in [0.2, 0.25) is 0 Å². The highest BCUT2D eigenvalue weighted by Gasteiger charge is 2.15. The minimum Gasteiger partial charge on any atom is -0.309 e. The monoisotopic (exact) mass is 332 g/mol. The van der Waals surface area contributed by atoms with Crippen LogP contribution in [0, 0.1) is 13.8 Å². The van der Waals surface area contributed by atoms with Gasteiger partial charge in [-0.05, 0) is 71.6 Å². The second-order valence-electron chi connectivity index (χ2n) is 5.09. The summed E-state index contributed by atoms with van der Waals surface area (Å²) >= 11 is 3.44. The minimum atomic E-state index is 0.257. The van der Waals surface area contributed by atoms with E-state index in [4.69, 9.17) is 0 Å². The maximum atomic E-state index is 4.54. The third-order valence-corrected chi connectivity index (χ3v) is 4.08. The Hall–Kier alpha value is -1.19. The average Bonchev–Trinajstić information content (AvgIpc) is 2.43. The fraction of sp³-hybridized carbons (Fsp3) is 0.353. The molecule has 0 saturated heterocycles. The van der Waals surface area contributed by atoms with E-state index >= 15 is 0 Å². The number of nitrogens with one attached hydrogen (secondary N) is 1. The molecule has 1 aromatic carbocycles. The van der Waals surface area contributed by atoms with Crippen LogP contribution in [0.15, 0.2) is 41.0 Å². The molecule has 2 rings (SSSR count). The van der Waals surface area contributed by atoms with Crippen LogP contribution in [-0.4, -0.2) is 11.5 Å². The van der Waals surface area contributed by atoms with Gasteiger partial charge < -0.3 is 5.32 Å². The number of halogens is 1. The zero-order valence-electron chi connectivity index (χ0n) is 12.3.